The Labute approximate surface area is 124 Å². The summed E-state index contributed by atoms with van der Waals surface area (Å²) in [7, 11) is 0. The third-order valence-electron chi connectivity index (χ3n) is 3.35. The molecule has 2 aromatic carbocycles. The first-order chi connectivity index (χ1) is 9.38. The van der Waals surface area contributed by atoms with E-state index < -0.39 is 0 Å². The molecule has 0 heterocycles. The Hall–Kier alpha value is -1.32. The fourth-order valence-electron chi connectivity index (χ4n) is 2.05. The van der Waals surface area contributed by atoms with Crippen molar-refractivity contribution >= 4 is 11.8 Å². The normalized spacial score (nSPS) is 12.5. The van der Waals surface area contributed by atoms with Crippen molar-refractivity contribution < 1.29 is 4.39 Å². The first-order valence-electron chi connectivity index (χ1n) is 6.69. The van der Waals surface area contributed by atoms with E-state index in [-0.39, 0.29) is 11.9 Å². The van der Waals surface area contributed by atoms with Crippen LogP contribution in [0.1, 0.15) is 35.2 Å². The molecular formula is C17H20FNS. The van der Waals surface area contributed by atoms with Crippen LogP contribution < -0.4 is 5.73 Å². The van der Waals surface area contributed by atoms with Crippen LogP contribution in [-0.4, -0.2) is 0 Å². The van der Waals surface area contributed by atoms with Crippen molar-refractivity contribution in [3.8, 4) is 0 Å². The van der Waals surface area contributed by atoms with Gasteiger partial charge in [-0.1, -0.05) is 23.9 Å². The SMILES string of the molecule is Cc1ccc(C)c(Sc2cc(C)c(F)cc2[C@@H](C)N)c1. The van der Waals surface area contributed by atoms with E-state index in [9.17, 15) is 4.39 Å². The Morgan fingerprint density at radius 1 is 1.00 bits per heavy atom. The van der Waals surface area contributed by atoms with E-state index >= 15 is 0 Å². The molecule has 0 amide bonds. The first kappa shape index (κ1) is 15.1. The lowest BCUT2D eigenvalue weighted by molar-refractivity contribution is 0.610. The summed E-state index contributed by atoms with van der Waals surface area (Å²) in [5.41, 5.74) is 9.93. The largest absolute Gasteiger partial charge is 0.324 e. The van der Waals surface area contributed by atoms with Gasteiger partial charge in [-0.3, -0.25) is 0 Å². The van der Waals surface area contributed by atoms with Crippen LogP contribution in [0.15, 0.2) is 40.1 Å². The lowest BCUT2D eigenvalue weighted by Crippen LogP contribution is -2.07. The van der Waals surface area contributed by atoms with Gasteiger partial charge in [0.2, 0.25) is 0 Å². The monoisotopic (exact) mass is 289 g/mol. The Kier molecular flexibility index (Phi) is 4.51. The second kappa shape index (κ2) is 5.98. The van der Waals surface area contributed by atoms with E-state index in [4.69, 9.17) is 5.73 Å². The minimum Gasteiger partial charge on any atom is -0.324 e. The average molecular weight is 289 g/mol. The summed E-state index contributed by atoms with van der Waals surface area (Å²) in [4.78, 5) is 2.23. The third kappa shape index (κ3) is 3.22. The van der Waals surface area contributed by atoms with E-state index in [0.717, 1.165) is 10.5 Å². The Morgan fingerprint density at radius 2 is 1.70 bits per heavy atom. The Bertz CT molecular complexity index is 635. The van der Waals surface area contributed by atoms with Gasteiger partial charge in [-0.15, -0.1) is 0 Å². The smallest absolute Gasteiger partial charge is 0.126 e. The average Bonchev–Trinajstić information content (AvgIpc) is 2.37. The predicted octanol–water partition coefficient (Wildman–Crippen LogP) is 4.92. The highest BCUT2D eigenvalue weighted by molar-refractivity contribution is 7.99. The number of benzene rings is 2. The molecule has 2 rings (SSSR count). The quantitative estimate of drug-likeness (QED) is 0.867. The van der Waals surface area contributed by atoms with E-state index in [1.165, 1.54) is 16.0 Å². The highest BCUT2D eigenvalue weighted by atomic mass is 32.2. The summed E-state index contributed by atoms with van der Waals surface area (Å²) in [5.74, 6) is -0.192. The van der Waals surface area contributed by atoms with Gasteiger partial charge in [0.1, 0.15) is 5.82 Å². The van der Waals surface area contributed by atoms with Gasteiger partial charge in [0.15, 0.2) is 0 Å². The van der Waals surface area contributed by atoms with Crippen molar-refractivity contribution in [1.82, 2.24) is 0 Å². The van der Waals surface area contributed by atoms with Crippen LogP contribution in [0, 0.1) is 26.6 Å². The number of nitrogens with two attached hydrogens (primary N) is 1. The zero-order valence-corrected chi connectivity index (χ0v) is 13.1. The summed E-state index contributed by atoms with van der Waals surface area (Å²) < 4.78 is 13.7. The minimum atomic E-state index is -0.192. The molecule has 0 saturated heterocycles. The van der Waals surface area contributed by atoms with Crippen molar-refractivity contribution in [3.05, 3.63) is 58.4 Å². The van der Waals surface area contributed by atoms with Gasteiger partial charge in [0, 0.05) is 15.8 Å². The van der Waals surface area contributed by atoms with Crippen LogP contribution in [0.25, 0.3) is 0 Å². The number of halogens is 1. The first-order valence-corrected chi connectivity index (χ1v) is 7.51. The number of hydrogen-bond acceptors (Lipinski definition) is 2. The molecule has 0 bridgehead atoms. The molecule has 0 radical (unpaired) electrons. The highest BCUT2D eigenvalue weighted by Crippen LogP contribution is 2.36. The summed E-state index contributed by atoms with van der Waals surface area (Å²) >= 11 is 1.66. The zero-order chi connectivity index (χ0) is 14.9. The van der Waals surface area contributed by atoms with E-state index in [2.05, 4.69) is 32.0 Å². The molecule has 2 aromatic rings. The molecule has 0 spiro atoms. The van der Waals surface area contributed by atoms with E-state index in [0.29, 0.717) is 5.56 Å². The maximum atomic E-state index is 13.7. The van der Waals surface area contributed by atoms with Gasteiger partial charge in [-0.2, -0.15) is 0 Å². The molecule has 1 nitrogen and oxygen atoms in total. The van der Waals surface area contributed by atoms with Crippen LogP contribution in [0.4, 0.5) is 4.39 Å². The second-order valence-electron chi connectivity index (χ2n) is 5.30. The lowest BCUT2D eigenvalue weighted by atomic mass is 10.1. The zero-order valence-electron chi connectivity index (χ0n) is 12.3. The van der Waals surface area contributed by atoms with Crippen molar-refractivity contribution in [1.29, 1.82) is 0 Å². The maximum Gasteiger partial charge on any atom is 0.126 e. The van der Waals surface area contributed by atoms with Gasteiger partial charge in [-0.25, -0.2) is 4.39 Å². The molecule has 0 aliphatic rings. The van der Waals surface area contributed by atoms with Crippen molar-refractivity contribution in [2.24, 2.45) is 5.73 Å². The van der Waals surface area contributed by atoms with Crippen molar-refractivity contribution in [3.63, 3.8) is 0 Å². The molecule has 3 heteroatoms. The van der Waals surface area contributed by atoms with Crippen LogP contribution in [-0.2, 0) is 0 Å². The number of rotatable bonds is 3. The summed E-state index contributed by atoms with van der Waals surface area (Å²) in [6.07, 6.45) is 0. The van der Waals surface area contributed by atoms with E-state index in [1.807, 2.05) is 13.0 Å². The minimum absolute atomic E-state index is 0.183. The molecule has 0 fully saturated rings. The van der Waals surface area contributed by atoms with Gasteiger partial charge in [0.05, 0.1) is 0 Å². The molecule has 0 aromatic heterocycles. The van der Waals surface area contributed by atoms with Crippen LogP contribution in [0.3, 0.4) is 0 Å². The van der Waals surface area contributed by atoms with Gasteiger partial charge in [0.25, 0.3) is 0 Å². The molecule has 0 saturated carbocycles. The van der Waals surface area contributed by atoms with Crippen molar-refractivity contribution in [2.75, 3.05) is 0 Å². The highest BCUT2D eigenvalue weighted by Gasteiger charge is 2.13. The second-order valence-corrected chi connectivity index (χ2v) is 6.38. The molecule has 0 unspecified atom stereocenters. The van der Waals surface area contributed by atoms with Crippen LogP contribution in [0.2, 0.25) is 0 Å². The fraction of sp³-hybridized carbons (Fsp3) is 0.294. The van der Waals surface area contributed by atoms with Gasteiger partial charge < -0.3 is 5.73 Å². The number of hydrogen-bond donors (Lipinski definition) is 1. The maximum absolute atomic E-state index is 13.7. The van der Waals surface area contributed by atoms with E-state index in [1.54, 1.807) is 24.8 Å². The van der Waals surface area contributed by atoms with Gasteiger partial charge >= 0.3 is 0 Å². The molecule has 0 aliphatic heterocycles. The van der Waals surface area contributed by atoms with Crippen LogP contribution in [0.5, 0.6) is 0 Å². The molecule has 2 N–H and O–H groups in total. The van der Waals surface area contributed by atoms with Crippen LogP contribution >= 0.6 is 11.8 Å². The molecule has 20 heavy (non-hydrogen) atoms. The molecule has 0 aliphatic carbocycles. The standard InChI is InChI=1S/C17H20FNS/c1-10-5-6-11(2)16(7-10)20-17-8-12(3)15(18)9-14(17)13(4)19/h5-9,13H,19H2,1-4H3/t13-/m1/s1. The predicted molar refractivity (Wildman–Crippen MR) is 83.8 cm³/mol. The Morgan fingerprint density at radius 3 is 2.35 bits per heavy atom. The summed E-state index contributed by atoms with van der Waals surface area (Å²) in [5, 5.41) is 0. The Balaban J connectivity index is 2.47. The third-order valence-corrected chi connectivity index (χ3v) is 4.58. The fourth-order valence-corrected chi connectivity index (χ4v) is 3.36. The molecular weight excluding hydrogens is 269 g/mol. The number of aryl methyl sites for hydroxylation is 3. The molecule has 1 atom stereocenters. The van der Waals surface area contributed by atoms with Crippen molar-refractivity contribution in [2.45, 2.75) is 43.5 Å². The molecule has 106 valence electrons. The lowest BCUT2D eigenvalue weighted by Gasteiger charge is -2.15. The summed E-state index contributed by atoms with van der Waals surface area (Å²) in [6.45, 7) is 7.83. The summed E-state index contributed by atoms with van der Waals surface area (Å²) in [6, 6.07) is 9.64. The van der Waals surface area contributed by atoms with Gasteiger partial charge in [-0.05, 0) is 68.1 Å². The topological polar surface area (TPSA) is 26.0 Å².